The number of nitro groups is 1. The van der Waals surface area contributed by atoms with Gasteiger partial charge in [-0.15, -0.1) is 0 Å². The van der Waals surface area contributed by atoms with Gasteiger partial charge in [-0.05, 0) is 67.0 Å². The minimum absolute atomic E-state index is 0.0322. The fourth-order valence-corrected chi connectivity index (χ4v) is 5.00. The van der Waals surface area contributed by atoms with E-state index in [1.165, 1.54) is 6.07 Å². The largest absolute Gasteiger partial charge is 0.488 e. The average molecular weight is 533 g/mol. The molecule has 0 unspecified atom stereocenters. The molecule has 1 aliphatic carbocycles. The summed E-state index contributed by atoms with van der Waals surface area (Å²) in [5, 5.41) is 11.9. The van der Waals surface area contributed by atoms with Crippen molar-refractivity contribution in [2.45, 2.75) is 64.1 Å². The van der Waals surface area contributed by atoms with Crippen LogP contribution in [0, 0.1) is 16.0 Å². The normalized spacial score (nSPS) is 18.1. The van der Waals surface area contributed by atoms with Crippen LogP contribution in [0.5, 0.6) is 5.75 Å². The first-order valence-electron chi connectivity index (χ1n) is 12.3. The zero-order valence-electron chi connectivity index (χ0n) is 20.6. The zero-order chi connectivity index (χ0) is 26.7. The van der Waals surface area contributed by atoms with Crippen molar-refractivity contribution in [3.05, 3.63) is 86.6 Å². The molecular formula is C28H28ClF3N2O3. The van der Waals surface area contributed by atoms with Crippen LogP contribution in [0.2, 0.25) is 5.02 Å². The Balaban J connectivity index is 1.48. The van der Waals surface area contributed by atoms with E-state index in [1.807, 2.05) is 38.1 Å². The van der Waals surface area contributed by atoms with E-state index < -0.39 is 17.0 Å². The number of rotatable bonds is 7. The molecular weight excluding hydrogens is 505 g/mol. The summed E-state index contributed by atoms with van der Waals surface area (Å²) in [6, 6.07) is 16.0. The summed E-state index contributed by atoms with van der Waals surface area (Å²) in [6.07, 6.45) is -2.68. The van der Waals surface area contributed by atoms with Crippen molar-refractivity contribution in [3.63, 3.8) is 0 Å². The lowest BCUT2D eigenvalue weighted by atomic mass is 9.78. The molecule has 5 nitrogen and oxygen atoms in total. The maximum atomic E-state index is 13.0. The highest BCUT2D eigenvalue weighted by Crippen LogP contribution is 2.43. The van der Waals surface area contributed by atoms with Crippen molar-refractivity contribution in [3.8, 4) is 17.0 Å². The summed E-state index contributed by atoms with van der Waals surface area (Å²) in [7, 11) is 0. The Morgan fingerprint density at radius 2 is 1.73 bits per heavy atom. The lowest BCUT2D eigenvalue weighted by Crippen LogP contribution is -2.27. The van der Waals surface area contributed by atoms with Gasteiger partial charge in [-0.1, -0.05) is 49.7 Å². The van der Waals surface area contributed by atoms with Gasteiger partial charge < -0.3 is 4.74 Å². The summed E-state index contributed by atoms with van der Waals surface area (Å²) in [5.41, 5.74) is 3.46. The number of nitrogens with zero attached hydrogens (tertiary/aromatic N) is 2. The van der Waals surface area contributed by atoms with Crippen LogP contribution in [0.15, 0.2) is 54.6 Å². The number of pyridine rings is 1. The molecule has 4 rings (SSSR count). The molecule has 0 atom stereocenters. The van der Waals surface area contributed by atoms with Crippen LogP contribution in [0.25, 0.3) is 11.3 Å². The number of hydrogen-bond acceptors (Lipinski definition) is 4. The molecule has 3 aromatic rings. The highest BCUT2D eigenvalue weighted by Gasteiger charge is 2.41. The van der Waals surface area contributed by atoms with E-state index >= 15 is 0 Å². The van der Waals surface area contributed by atoms with E-state index in [0.717, 1.165) is 11.1 Å². The van der Waals surface area contributed by atoms with E-state index in [9.17, 15) is 23.3 Å². The van der Waals surface area contributed by atoms with Crippen LogP contribution in [0.4, 0.5) is 18.9 Å². The predicted octanol–water partition coefficient (Wildman–Crippen LogP) is 8.85. The highest BCUT2D eigenvalue weighted by molar-refractivity contribution is 6.31. The van der Waals surface area contributed by atoms with E-state index in [-0.39, 0.29) is 37.0 Å². The summed E-state index contributed by atoms with van der Waals surface area (Å²) in [4.78, 5) is 15.5. The van der Waals surface area contributed by atoms with Gasteiger partial charge in [0, 0.05) is 22.6 Å². The minimum Gasteiger partial charge on any atom is -0.488 e. The maximum Gasteiger partial charge on any atom is 0.391 e. The molecule has 0 aliphatic heterocycles. The Morgan fingerprint density at radius 1 is 1.05 bits per heavy atom. The first-order valence-corrected chi connectivity index (χ1v) is 12.6. The van der Waals surface area contributed by atoms with Crippen molar-refractivity contribution in [2.24, 2.45) is 5.92 Å². The zero-order valence-corrected chi connectivity index (χ0v) is 21.4. The quantitative estimate of drug-likeness (QED) is 0.225. The van der Waals surface area contributed by atoms with Gasteiger partial charge in [0.2, 0.25) is 0 Å². The van der Waals surface area contributed by atoms with Crippen LogP contribution < -0.4 is 4.74 Å². The smallest absolute Gasteiger partial charge is 0.391 e. The Kier molecular flexibility index (Phi) is 8.07. The number of benzene rings is 2. The number of ether oxygens (including phenoxy) is 1. The Labute approximate surface area is 218 Å². The topological polar surface area (TPSA) is 65.3 Å². The van der Waals surface area contributed by atoms with Crippen molar-refractivity contribution < 1.29 is 22.8 Å². The average Bonchev–Trinajstić information content (AvgIpc) is 2.87. The molecule has 0 radical (unpaired) electrons. The summed E-state index contributed by atoms with van der Waals surface area (Å²) in [5.74, 6) is -0.660. The first kappa shape index (κ1) is 26.9. The van der Waals surface area contributed by atoms with Gasteiger partial charge in [0.05, 0.1) is 16.5 Å². The van der Waals surface area contributed by atoms with Gasteiger partial charge >= 0.3 is 6.18 Å². The summed E-state index contributed by atoms with van der Waals surface area (Å²) < 4.78 is 45.0. The van der Waals surface area contributed by atoms with Gasteiger partial charge in [-0.25, -0.2) is 4.98 Å². The van der Waals surface area contributed by atoms with E-state index in [1.54, 1.807) is 24.3 Å². The maximum absolute atomic E-state index is 13.0. The molecule has 0 bridgehead atoms. The molecule has 1 heterocycles. The summed E-state index contributed by atoms with van der Waals surface area (Å²) in [6.45, 7) is 3.96. The fraction of sp³-hybridized carbons (Fsp3) is 0.393. The second kappa shape index (κ2) is 11.1. The second-order valence-corrected chi connectivity index (χ2v) is 10.2. The predicted molar refractivity (Wildman–Crippen MR) is 137 cm³/mol. The molecule has 1 fully saturated rings. The van der Waals surface area contributed by atoms with Gasteiger partial charge in [-0.3, -0.25) is 10.1 Å². The lowest BCUT2D eigenvalue weighted by molar-refractivity contribution is -0.386. The molecule has 2 aromatic carbocycles. The van der Waals surface area contributed by atoms with Crippen LogP contribution in [0.1, 0.15) is 68.2 Å². The third-order valence-corrected chi connectivity index (χ3v) is 7.13. The molecule has 0 amide bonds. The molecule has 1 aliphatic rings. The molecule has 0 saturated heterocycles. The van der Waals surface area contributed by atoms with Crippen LogP contribution in [-0.4, -0.2) is 16.1 Å². The molecule has 37 heavy (non-hydrogen) atoms. The third kappa shape index (κ3) is 6.42. The molecule has 9 heteroatoms. The van der Waals surface area contributed by atoms with Crippen LogP contribution >= 0.6 is 11.6 Å². The highest BCUT2D eigenvalue weighted by atomic mass is 35.5. The molecule has 0 N–H and O–H groups in total. The third-order valence-electron chi connectivity index (χ3n) is 6.90. The first-order chi connectivity index (χ1) is 17.5. The number of alkyl halides is 3. The molecule has 0 spiro atoms. The standard InChI is InChI=1S/C28H28ClF3N2O3/c1-17(2)27-25(34(35)36)13-12-24(33-27)23-15-22(29)11-14-26(23)37-16-18-3-5-19(6-4-18)20-7-9-21(10-8-20)28(30,31)32/h3-6,11-15,17,20-21H,7-10,16H2,1-2H3/t20-,21-. The number of halogens is 4. The van der Waals surface area contributed by atoms with E-state index in [2.05, 4.69) is 4.98 Å². The van der Waals surface area contributed by atoms with Gasteiger partial charge in [0.1, 0.15) is 18.1 Å². The summed E-state index contributed by atoms with van der Waals surface area (Å²) >= 11 is 6.24. The number of hydrogen-bond donors (Lipinski definition) is 0. The van der Waals surface area contributed by atoms with E-state index in [0.29, 0.717) is 40.6 Å². The van der Waals surface area contributed by atoms with Crippen molar-refractivity contribution in [2.75, 3.05) is 0 Å². The van der Waals surface area contributed by atoms with Crippen molar-refractivity contribution >= 4 is 17.3 Å². The Hall–Kier alpha value is -3.13. The molecule has 1 saturated carbocycles. The Bertz CT molecular complexity index is 1250. The van der Waals surface area contributed by atoms with Crippen LogP contribution in [0.3, 0.4) is 0 Å². The fourth-order valence-electron chi connectivity index (χ4n) is 4.83. The minimum atomic E-state index is -4.10. The SMILES string of the molecule is CC(C)c1nc(-c2cc(Cl)ccc2OCc2ccc([C@H]3CC[C@H](C(F)(F)F)CC3)cc2)ccc1[N+](=O)[O-]. The van der Waals surface area contributed by atoms with Crippen molar-refractivity contribution in [1.82, 2.24) is 4.98 Å². The van der Waals surface area contributed by atoms with Gasteiger partial charge in [-0.2, -0.15) is 13.2 Å². The molecule has 1 aromatic heterocycles. The van der Waals surface area contributed by atoms with Crippen LogP contribution in [-0.2, 0) is 6.61 Å². The Morgan fingerprint density at radius 3 is 2.32 bits per heavy atom. The second-order valence-electron chi connectivity index (χ2n) is 9.77. The van der Waals surface area contributed by atoms with Crippen molar-refractivity contribution in [1.29, 1.82) is 0 Å². The van der Waals surface area contributed by atoms with E-state index in [4.69, 9.17) is 16.3 Å². The molecule has 196 valence electrons. The van der Waals surface area contributed by atoms with Gasteiger partial charge in [0.15, 0.2) is 0 Å². The lowest BCUT2D eigenvalue weighted by Gasteiger charge is -2.30. The number of aromatic nitrogens is 1. The van der Waals surface area contributed by atoms with Gasteiger partial charge in [0.25, 0.3) is 5.69 Å². The monoisotopic (exact) mass is 532 g/mol.